The zero-order valence-electron chi connectivity index (χ0n) is 11.8. The van der Waals surface area contributed by atoms with Crippen LogP contribution in [0.5, 0.6) is 0 Å². The van der Waals surface area contributed by atoms with E-state index in [2.05, 4.69) is 24.2 Å². The molecular weight excluding hydrogens is 272 g/mol. The molecule has 1 aromatic carbocycles. The SMILES string of the molecule is CC(C)Cn1nnc(CN)c1/C=C/c1ccc(Cl)cc1. The summed E-state index contributed by atoms with van der Waals surface area (Å²) >= 11 is 5.88. The lowest BCUT2D eigenvalue weighted by Crippen LogP contribution is -2.08. The normalized spacial score (nSPS) is 11.7. The van der Waals surface area contributed by atoms with Gasteiger partial charge in [-0.25, -0.2) is 4.68 Å². The van der Waals surface area contributed by atoms with Gasteiger partial charge in [-0.15, -0.1) is 5.10 Å². The third-order valence-electron chi connectivity index (χ3n) is 2.88. The molecule has 0 amide bonds. The van der Waals surface area contributed by atoms with E-state index in [0.29, 0.717) is 12.5 Å². The van der Waals surface area contributed by atoms with Crippen molar-refractivity contribution in [3.8, 4) is 0 Å². The predicted octanol–water partition coefficient (Wildman–Crippen LogP) is 3.22. The quantitative estimate of drug-likeness (QED) is 0.920. The molecule has 0 saturated heterocycles. The summed E-state index contributed by atoms with van der Waals surface area (Å²) in [5.74, 6) is 0.505. The van der Waals surface area contributed by atoms with Gasteiger partial charge in [0.05, 0.1) is 5.69 Å². The van der Waals surface area contributed by atoms with E-state index in [0.717, 1.165) is 28.5 Å². The topological polar surface area (TPSA) is 56.7 Å². The average molecular weight is 291 g/mol. The van der Waals surface area contributed by atoms with E-state index in [1.165, 1.54) is 0 Å². The molecule has 0 aliphatic heterocycles. The number of nitrogens with zero attached hydrogens (tertiary/aromatic N) is 3. The summed E-state index contributed by atoms with van der Waals surface area (Å²) in [6.45, 7) is 5.51. The van der Waals surface area contributed by atoms with Crippen molar-refractivity contribution < 1.29 is 0 Å². The van der Waals surface area contributed by atoms with Crippen molar-refractivity contribution >= 4 is 23.8 Å². The molecular formula is C15H19ClN4. The maximum absolute atomic E-state index is 5.88. The van der Waals surface area contributed by atoms with Crippen molar-refractivity contribution in [2.45, 2.75) is 26.9 Å². The highest BCUT2D eigenvalue weighted by atomic mass is 35.5. The summed E-state index contributed by atoms with van der Waals surface area (Å²) in [7, 11) is 0. The Morgan fingerprint density at radius 3 is 2.55 bits per heavy atom. The van der Waals surface area contributed by atoms with Gasteiger partial charge in [0.15, 0.2) is 0 Å². The second-order valence-electron chi connectivity index (χ2n) is 5.09. The molecule has 0 bridgehead atoms. The lowest BCUT2D eigenvalue weighted by Gasteiger charge is -2.06. The summed E-state index contributed by atoms with van der Waals surface area (Å²) in [6, 6.07) is 7.68. The summed E-state index contributed by atoms with van der Waals surface area (Å²) in [6.07, 6.45) is 4.03. The van der Waals surface area contributed by atoms with Gasteiger partial charge < -0.3 is 5.73 Å². The van der Waals surface area contributed by atoms with Crippen LogP contribution in [0.3, 0.4) is 0 Å². The Morgan fingerprint density at radius 2 is 1.95 bits per heavy atom. The molecule has 20 heavy (non-hydrogen) atoms. The molecule has 0 radical (unpaired) electrons. The van der Waals surface area contributed by atoms with Crippen LogP contribution >= 0.6 is 11.6 Å². The highest BCUT2D eigenvalue weighted by Gasteiger charge is 2.09. The van der Waals surface area contributed by atoms with E-state index < -0.39 is 0 Å². The van der Waals surface area contributed by atoms with Gasteiger partial charge in [0.2, 0.25) is 0 Å². The van der Waals surface area contributed by atoms with Crippen LogP contribution in [0, 0.1) is 5.92 Å². The lowest BCUT2D eigenvalue weighted by molar-refractivity contribution is 0.469. The van der Waals surface area contributed by atoms with Crippen molar-refractivity contribution in [1.29, 1.82) is 0 Å². The maximum atomic E-state index is 5.88. The van der Waals surface area contributed by atoms with Crippen LogP contribution in [0.2, 0.25) is 5.02 Å². The van der Waals surface area contributed by atoms with Gasteiger partial charge in [0.1, 0.15) is 5.69 Å². The monoisotopic (exact) mass is 290 g/mol. The third-order valence-corrected chi connectivity index (χ3v) is 3.13. The number of nitrogens with two attached hydrogens (primary N) is 1. The van der Waals surface area contributed by atoms with Crippen LogP contribution in [-0.4, -0.2) is 15.0 Å². The smallest absolute Gasteiger partial charge is 0.104 e. The van der Waals surface area contributed by atoms with Crippen LogP contribution in [0.25, 0.3) is 12.2 Å². The van der Waals surface area contributed by atoms with Crippen LogP contribution < -0.4 is 5.73 Å². The van der Waals surface area contributed by atoms with Crippen LogP contribution in [0.15, 0.2) is 24.3 Å². The molecule has 4 nitrogen and oxygen atoms in total. The molecule has 5 heteroatoms. The number of hydrogen-bond acceptors (Lipinski definition) is 3. The van der Waals surface area contributed by atoms with E-state index >= 15 is 0 Å². The molecule has 2 aromatic rings. The van der Waals surface area contributed by atoms with Gasteiger partial charge in [-0.1, -0.05) is 48.9 Å². The summed E-state index contributed by atoms with van der Waals surface area (Å²) < 4.78 is 1.90. The summed E-state index contributed by atoms with van der Waals surface area (Å²) in [5.41, 5.74) is 8.58. The fourth-order valence-electron chi connectivity index (χ4n) is 1.91. The van der Waals surface area contributed by atoms with Crippen molar-refractivity contribution in [2.75, 3.05) is 0 Å². The molecule has 0 atom stereocenters. The molecule has 0 unspecified atom stereocenters. The Morgan fingerprint density at radius 1 is 1.25 bits per heavy atom. The van der Waals surface area contributed by atoms with E-state index in [1.807, 2.05) is 41.1 Å². The van der Waals surface area contributed by atoms with Crippen molar-refractivity contribution in [3.05, 3.63) is 46.2 Å². The minimum Gasteiger partial charge on any atom is -0.325 e. The van der Waals surface area contributed by atoms with Crippen molar-refractivity contribution in [2.24, 2.45) is 11.7 Å². The molecule has 1 heterocycles. The van der Waals surface area contributed by atoms with E-state index in [-0.39, 0.29) is 0 Å². The molecule has 0 aliphatic carbocycles. The van der Waals surface area contributed by atoms with Crippen molar-refractivity contribution in [1.82, 2.24) is 15.0 Å². The maximum Gasteiger partial charge on any atom is 0.104 e. The highest BCUT2D eigenvalue weighted by molar-refractivity contribution is 6.30. The third kappa shape index (κ3) is 3.68. The zero-order chi connectivity index (χ0) is 14.5. The largest absolute Gasteiger partial charge is 0.325 e. The van der Waals surface area contributed by atoms with Gasteiger partial charge >= 0.3 is 0 Å². The minimum atomic E-state index is 0.387. The fraction of sp³-hybridized carbons (Fsp3) is 0.333. The van der Waals surface area contributed by atoms with Crippen LogP contribution in [0.4, 0.5) is 0 Å². The highest BCUT2D eigenvalue weighted by Crippen LogP contribution is 2.15. The van der Waals surface area contributed by atoms with Crippen molar-refractivity contribution in [3.63, 3.8) is 0 Å². The molecule has 0 spiro atoms. The zero-order valence-corrected chi connectivity index (χ0v) is 12.5. The standard InChI is InChI=1S/C15H19ClN4/c1-11(2)10-20-15(14(9-17)18-19-20)8-5-12-3-6-13(16)7-4-12/h3-8,11H,9-10,17H2,1-2H3/b8-5+. The van der Waals surface area contributed by atoms with E-state index in [1.54, 1.807) is 0 Å². The first-order valence-electron chi connectivity index (χ1n) is 6.66. The predicted molar refractivity (Wildman–Crippen MR) is 83.1 cm³/mol. The van der Waals surface area contributed by atoms with Crippen LogP contribution in [-0.2, 0) is 13.1 Å². The number of benzene rings is 1. The Balaban J connectivity index is 2.26. The first-order valence-corrected chi connectivity index (χ1v) is 7.04. The van der Waals surface area contributed by atoms with Crippen LogP contribution in [0.1, 0.15) is 30.8 Å². The number of rotatable bonds is 5. The van der Waals surface area contributed by atoms with Gasteiger partial charge in [-0.05, 0) is 29.7 Å². The van der Waals surface area contributed by atoms with E-state index in [9.17, 15) is 0 Å². The van der Waals surface area contributed by atoms with E-state index in [4.69, 9.17) is 17.3 Å². The molecule has 1 aromatic heterocycles. The van der Waals surface area contributed by atoms with Gasteiger partial charge in [0.25, 0.3) is 0 Å². The Labute approximate surface area is 124 Å². The first kappa shape index (κ1) is 14.8. The van der Waals surface area contributed by atoms with Gasteiger partial charge in [-0.3, -0.25) is 0 Å². The van der Waals surface area contributed by atoms with Gasteiger partial charge in [-0.2, -0.15) is 0 Å². The molecule has 2 rings (SSSR count). The molecule has 106 valence electrons. The average Bonchev–Trinajstić information content (AvgIpc) is 2.79. The molecule has 2 N–H and O–H groups in total. The van der Waals surface area contributed by atoms with Gasteiger partial charge in [0, 0.05) is 18.1 Å². The summed E-state index contributed by atoms with van der Waals surface area (Å²) in [5, 5.41) is 9.03. The Hall–Kier alpha value is -1.65. The fourth-order valence-corrected chi connectivity index (χ4v) is 2.04. The molecule has 0 fully saturated rings. The molecule has 0 saturated carbocycles. The number of hydrogen-bond donors (Lipinski definition) is 1. The second kappa shape index (κ2) is 6.68. The summed E-state index contributed by atoms with van der Waals surface area (Å²) in [4.78, 5) is 0. The number of aromatic nitrogens is 3. The first-order chi connectivity index (χ1) is 9.60. The number of halogens is 1. The second-order valence-corrected chi connectivity index (χ2v) is 5.52. The Bertz CT molecular complexity index is 584. The minimum absolute atomic E-state index is 0.387. The Kier molecular flexibility index (Phi) is 4.93. The molecule has 0 aliphatic rings. The lowest BCUT2D eigenvalue weighted by atomic mass is 10.1.